The summed E-state index contributed by atoms with van der Waals surface area (Å²) < 4.78 is 22.9. The Morgan fingerprint density at radius 2 is 1.56 bits per heavy atom. The van der Waals surface area contributed by atoms with Gasteiger partial charge in [0.2, 0.25) is 5.88 Å². The molecular weight excluding hydrogens is 454 g/mol. The van der Waals surface area contributed by atoms with Crippen molar-refractivity contribution in [2.45, 2.75) is 71.2 Å². The summed E-state index contributed by atoms with van der Waals surface area (Å²) in [7, 11) is 0. The zero-order chi connectivity index (χ0) is 25.2. The van der Waals surface area contributed by atoms with Gasteiger partial charge >= 0.3 is 0 Å². The molecule has 0 spiro atoms. The van der Waals surface area contributed by atoms with E-state index in [4.69, 9.17) is 18.9 Å². The first kappa shape index (κ1) is 26.0. The summed E-state index contributed by atoms with van der Waals surface area (Å²) in [6.45, 7) is 7.74. The van der Waals surface area contributed by atoms with E-state index in [-0.39, 0.29) is 6.10 Å². The minimum absolute atomic E-state index is 0.0575. The van der Waals surface area contributed by atoms with Gasteiger partial charge in [0.25, 0.3) is 0 Å². The first-order valence-electron chi connectivity index (χ1n) is 13.0. The first-order chi connectivity index (χ1) is 17.5. The molecule has 0 bridgehead atoms. The second-order valence-electron chi connectivity index (χ2n) is 9.57. The molecule has 0 unspecified atom stereocenters. The lowest BCUT2D eigenvalue weighted by Crippen LogP contribution is -2.25. The Bertz CT molecular complexity index is 1050. The van der Waals surface area contributed by atoms with Crippen LogP contribution in [0.4, 0.5) is 0 Å². The largest absolute Gasteiger partial charge is 0.491 e. The van der Waals surface area contributed by atoms with E-state index in [9.17, 15) is 0 Å². The van der Waals surface area contributed by atoms with Gasteiger partial charge in [-0.15, -0.1) is 0 Å². The van der Waals surface area contributed by atoms with Crippen molar-refractivity contribution in [2.75, 3.05) is 19.8 Å². The highest BCUT2D eigenvalue weighted by Crippen LogP contribution is 2.26. The van der Waals surface area contributed by atoms with Crippen LogP contribution in [0.25, 0.3) is 22.5 Å². The Labute approximate surface area is 214 Å². The minimum atomic E-state index is -0.537. The number of nitrogens with zero attached hydrogens (tertiary/aromatic N) is 3. The molecule has 7 nitrogen and oxygen atoms in total. The number of pyridine rings is 1. The van der Waals surface area contributed by atoms with Gasteiger partial charge in [0.1, 0.15) is 18.5 Å². The van der Waals surface area contributed by atoms with E-state index in [0.717, 1.165) is 34.7 Å². The molecule has 7 heteroatoms. The van der Waals surface area contributed by atoms with Crippen molar-refractivity contribution in [1.82, 2.24) is 15.0 Å². The predicted octanol–water partition coefficient (Wildman–Crippen LogP) is 6.48. The van der Waals surface area contributed by atoms with Gasteiger partial charge < -0.3 is 18.9 Å². The monoisotopic (exact) mass is 491 g/mol. The second kappa shape index (κ2) is 12.8. The molecule has 36 heavy (non-hydrogen) atoms. The third-order valence-corrected chi connectivity index (χ3v) is 6.09. The van der Waals surface area contributed by atoms with E-state index >= 15 is 0 Å². The van der Waals surface area contributed by atoms with Crippen LogP contribution in [0.1, 0.15) is 59.3 Å². The molecule has 1 atom stereocenters. The van der Waals surface area contributed by atoms with Crippen molar-refractivity contribution in [3.8, 4) is 34.1 Å². The fraction of sp³-hybridized carbons (Fsp3) is 0.483. The van der Waals surface area contributed by atoms with E-state index in [0.29, 0.717) is 25.7 Å². The van der Waals surface area contributed by atoms with E-state index < -0.39 is 5.79 Å². The molecular formula is C29H37N3O4. The van der Waals surface area contributed by atoms with Crippen LogP contribution in [0.3, 0.4) is 0 Å². The van der Waals surface area contributed by atoms with Gasteiger partial charge in [0, 0.05) is 17.3 Å². The molecule has 1 aliphatic rings. The lowest BCUT2D eigenvalue weighted by Gasteiger charge is -2.17. The summed E-state index contributed by atoms with van der Waals surface area (Å²) >= 11 is 0. The van der Waals surface area contributed by atoms with E-state index in [1.807, 2.05) is 56.4 Å². The summed E-state index contributed by atoms with van der Waals surface area (Å²) in [6.07, 6.45) is 12.6. The molecule has 2 aromatic heterocycles. The average molecular weight is 492 g/mol. The molecule has 1 aliphatic heterocycles. The maximum Gasteiger partial charge on any atom is 0.232 e. The highest BCUT2D eigenvalue weighted by atomic mass is 16.7. The normalized spacial score (nSPS) is 16.7. The van der Waals surface area contributed by atoms with Crippen LogP contribution in [-0.4, -0.2) is 46.7 Å². The van der Waals surface area contributed by atoms with Crippen LogP contribution in [0.15, 0.2) is 55.0 Å². The fourth-order valence-corrected chi connectivity index (χ4v) is 4.07. The van der Waals surface area contributed by atoms with Crippen LogP contribution in [-0.2, 0) is 9.47 Å². The molecule has 192 valence electrons. The summed E-state index contributed by atoms with van der Waals surface area (Å²) in [5, 5.41) is 0. The van der Waals surface area contributed by atoms with Gasteiger partial charge in [-0.25, -0.2) is 9.97 Å². The molecule has 3 aromatic rings. The van der Waals surface area contributed by atoms with Crippen molar-refractivity contribution in [3.05, 3.63) is 55.0 Å². The quantitative estimate of drug-likeness (QED) is 0.253. The summed E-state index contributed by atoms with van der Waals surface area (Å²) in [5.74, 6) is 0.817. The van der Waals surface area contributed by atoms with Gasteiger partial charge in [0.05, 0.1) is 37.0 Å². The molecule has 3 heterocycles. The minimum Gasteiger partial charge on any atom is -0.491 e. The number of aromatic nitrogens is 3. The van der Waals surface area contributed by atoms with Gasteiger partial charge in [-0.2, -0.15) is 0 Å². The predicted molar refractivity (Wildman–Crippen MR) is 140 cm³/mol. The summed E-state index contributed by atoms with van der Waals surface area (Å²) in [6, 6.07) is 11.9. The third-order valence-electron chi connectivity index (χ3n) is 6.09. The van der Waals surface area contributed by atoms with Crippen LogP contribution in [0, 0.1) is 0 Å². The molecule has 0 aliphatic carbocycles. The number of hydrogen-bond donors (Lipinski definition) is 0. The SMILES string of the molecule is CCCCCCCCOc1cnc(-c2ccc(-c3ccc(OC[C@H]4COC(C)(C)O4)cc3)nc2)cn1. The van der Waals surface area contributed by atoms with Crippen molar-refractivity contribution in [2.24, 2.45) is 0 Å². The number of hydrogen-bond acceptors (Lipinski definition) is 7. The van der Waals surface area contributed by atoms with Crippen molar-refractivity contribution >= 4 is 0 Å². The molecule has 1 fully saturated rings. The Morgan fingerprint density at radius 3 is 2.22 bits per heavy atom. The second-order valence-corrected chi connectivity index (χ2v) is 9.57. The number of unbranched alkanes of at least 4 members (excludes halogenated alkanes) is 5. The lowest BCUT2D eigenvalue weighted by atomic mass is 10.1. The zero-order valence-electron chi connectivity index (χ0n) is 21.6. The van der Waals surface area contributed by atoms with Gasteiger partial charge in [0.15, 0.2) is 5.79 Å². The Balaban J connectivity index is 1.24. The number of rotatable bonds is 13. The third kappa shape index (κ3) is 7.73. The van der Waals surface area contributed by atoms with Crippen molar-refractivity contribution < 1.29 is 18.9 Å². The number of ether oxygens (including phenoxy) is 4. The van der Waals surface area contributed by atoms with Crippen LogP contribution < -0.4 is 9.47 Å². The highest BCUT2D eigenvalue weighted by Gasteiger charge is 2.32. The van der Waals surface area contributed by atoms with Gasteiger partial charge in [-0.3, -0.25) is 4.98 Å². The summed E-state index contributed by atoms with van der Waals surface area (Å²) in [5.41, 5.74) is 3.58. The van der Waals surface area contributed by atoms with Gasteiger partial charge in [-0.1, -0.05) is 39.0 Å². The first-order valence-corrected chi connectivity index (χ1v) is 13.0. The average Bonchev–Trinajstić information content (AvgIpc) is 3.26. The summed E-state index contributed by atoms with van der Waals surface area (Å²) in [4.78, 5) is 13.5. The maximum atomic E-state index is 5.86. The Kier molecular flexibility index (Phi) is 9.25. The Hall–Kier alpha value is -3.03. The van der Waals surface area contributed by atoms with E-state index in [2.05, 4.69) is 21.9 Å². The molecule has 4 rings (SSSR count). The van der Waals surface area contributed by atoms with Gasteiger partial charge in [-0.05, 0) is 56.7 Å². The molecule has 0 amide bonds. The van der Waals surface area contributed by atoms with E-state index in [1.54, 1.807) is 12.4 Å². The van der Waals surface area contributed by atoms with E-state index in [1.165, 1.54) is 32.1 Å². The highest BCUT2D eigenvalue weighted by molar-refractivity contribution is 5.64. The zero-order valence-corrected chi connectivity index (χ0v) is 21.6. The molecule has 0 saturated carbocycles. The molecule has 1 aromatic carbocycles. The van der Waals surface area contributed by atoms with Crippen LogP contribution in [0.5, 0.6) is 11.6 Å². The molecule has 1 saturated heterocycles. The van der Waals surface area contributed by atoms with Crippen LogP contribution in [0.2, 0.25) is 0 Å². The lowest BCUT2D eigenvalue weighted by molar-refractivity contribution is -0.141. The Morgan fingerprint density at radius 1 is 0.806 bits per heavy atom. The fourth-order valence-electron chi connectivity index (χ4n) is 4.07. The molecule has 0 N–H and O–H groups in total. The smallest absolute Gasteiger partial charge is 0.232 e. The number of benzene rings is 1. The van der Waals surface area contributed by atoms with Crippen molar-refractivity contribution in [1.29, 1.82) is 0 Å². The van der Waals surface area contributed by atoms with Crippen LogP contribution >= 0.6 is 0 Å². The standard InChI is InChI=1S/C29H37N3O4/c1-4-5-6-7-8-9-16-33-28-19-31-27(18-32-28)23-12-15-26(30-17-23)22-10-13-24(14-11-22)34-20-25-21-35-29(2,3)36-25/h10-15,17-19,25H,4-9,16,20-21H2,1-3H3/t25-/m0/s1. The van der Waals surface area contributed by atoms with Crippen molar-refractivity contribution in [3.63, 3.8) is 0 Å². The molecule has 0 radical (unpaired) electrons. The maximum absolute atomic E-state index is 5.86. The topological polar surface area (TPSA) is 75.6 Å².